The van der Waals surface area contributed by atoms with Crippen molar-refractivity contribution in [3.8, 4) is 0 Å². The second-order valence-electron chi connectivity index (χ2n) is 5.00. The molecule has 0 aliphatic carbocycles. The normalized spacial score (nSPS) is 12.9. The lowest BCUT2D eigenvalue weighted by Crippen LogP contribution is -2.40. The van der Waals surface area contributed by atoms with Crippen LogP contribution in [0.2, 0.25) is 18.1 Å². The van der Waals surface area contributed by atoms with Gasteiger partial charge in [0.25, 0.3) is 0 Å². The summed E-state index contributed by atoms with van der Waals surface area (Å²) in [5, 5.41) is 0. The molecule has 0 saturated heterocycles. The molecule has 0 unspecified atom stereocenters. The lowest BCUT2D eigenvalue weighted by molar-refractivity contribution is 0.375. The number of rotatable bonds is 11. The molecule has 6 heteroatoms. The Morgan fingerprint density at radius 1 is 0.889 bits per heavy atom. The highest BCUT2D eigenvalue weighted by molar-refractivity contribution is 7.82. The molecule has 0 aromatic rings. The first-order chi connectivity index (χ1) is 8.39. The summed E-state index contributed by atoms with van der Waals surface area (Å²) < 4.78 is 36.4. The lowest BCUT2D eigenvalue weighted by Gasteiger charge is -2.29. The van der Waals surface area contributed by atoms with Crippen molar-refractivity contribution in [2.45, 2.75) is 77.4 Å². The van der Waals surface area contributed by atoms with Crippen molar-refractivity contribution in [3.05, 3.63) is 0 Å². The van der Waals surface area contributed by atoms with E-state index in [0.717, 1.165) is 56.7 Å². The van der Waals surface area contributed by atoms with E-state index in [2.05, 4.69) is 20.8 Å². The van der Waals surface area contributed by atoms with Crippen molar-refractivity contribution in [2.75, 3.05) is 0 Å². The van der Waals surface area contributed by atoms with Crippen LogP contribution in [0, 0.1) is 0 Å². The van der Waals surface area contributed by atoms with E-state index in [-0.39, 0.29) is 0 Å². The summed E-state index contributed by atoms with van der Waals surface area (Å²) in [7, 11) is -6.64. The first-order valence-electron chi connectivity index (χ1n) is 7.07. The first-order valence-corrected chi connectivity index (χ1v) is 11.0. The standard InChI is InChI=1S/C12H28O4SSi/c1-4-7-10-18(11-8-5-2,12-9-6-3)16-17(13,14)15/h4-12H2,1-3H3,(H,13,14,15). The second kappa shape index (κ2) is 9.06. The summed E-state index contributed by atoms with van der Waals surface area (Å²) in [6.07, 6.45) is 6.03. The van der Waals surface area contributed by atoms with Gasteiger partial charge in [-0.05, 0) is 18.1 Å². The van der Waals surface area contributed by atoms with E-state index in [0.29, 0.717) is 0 Å². The number of hydrogen-bond donors (Lipinski definition) is 1. The van der Waals surface area contributed by atoms with Gasteiger partial charge in [-0.15, -0.1) is 0 Å². The smallest absolute Gasteiger partial charge is 0.294 e. The van der Waals surface area contributed by atoms with Crippen molar-refractivity contribution in [2.24, 2.45) is 0 Å². The predicted octanol–water partition coefficient (Wildman–Crippen LogP) is 4.15. The molecule has 0 bridgehead atoms. The van der Waals surface area contributed by atoms with E-state index < -0.39 is 18.7 Å². The van der Waals surface area contributed by atoms with Crippen LogP contribution in [0.1, 0.15) is 59.3 Å². The molecule has 110 valence electrons. The van der Waals surface area contributed by atoms with Gasteiger partial charge in [-0.3, -0.25) is 8.42 Å². The van der Waals surface area contributed by atoms with Crippen LogP contribution in [0.25, 0.3) is 0 Å². The maximum Gasteiger partial charge on any atom is 0.387 e. The molecule has 0 atom stereocenters. The molecule has 0 aromatic carbocycles. The van der Waals surface area contributed by atoms with E-state index in [4.69, 9.17) is 8.42 Å². The molecule has 18 heavy (non-hydrogen) atoms. The summed E-state index contributed by atoms with van der Waals surface area (Å²) >= 11 is 0. The highest BCUT2D eigenvalue weighted by Gasteiger charge is 2.37. The molecule has 0 amide bonds. The third kappa shape index (κ3) is 8.23. The van der Waals surface area contributed by atoms with Crippen LogP contribution >= 0.6 is 0 Å². The highest BCUT2D eigenvalue weighted by Crippen LogP contribution is 2.30. The summed E-state index contributed by atoms with van der Waals surface area (Å²) in [5.74, 6) is 0. The third-order valence-electron chi connectivity index (χ3n) is 3.24. The average molecular weight is 297 g/mol. The van der Waals surface area contributed by atoms with Crippen LogP contribution < -0.4 is 0 Å². The zero-order valence-electron chi connectivity index (χ0n) is 11.9. The molecule has 0 heterocycles. The fourth-order valence-corrected chi connectivity index (χ4v) is 8.75. The van der Waals surface area contributed by atoms with Gasteiger partial charge in [-0.1, -0.05) is 59.3 Å². The van der Waals surface area contributed by atoms with E-state index >= 15 is 0 Å². The average Bonchev–Trinajstić information content (AvgIpc) is 2.29. The quantitative estimate of drug-likeness (QED) is 0.459. The highest BCUT2D eigenvalue weighted by atomic mass is 32.3. The Labute approximate surface area is 113 Å². The molecule has 0 spiro atoms. The molecule has 0 rings (SSSR count). The molecular formula is C12H28O4SSi. The van der Waals surface area contributed by atoms with Crippen LogP contribution in [0.15, 0.2) is 0 Å². The number of unbranched alkanes of at least 4 members (excludes halogenated alkanes) is 3. The first kappa shape index (κ1) is 18.1. The molecular weight excluding hydrogens is 268 g/mol. The Hall–Kier alpha value is 0.0869. The number of hydrogen-bond acceptors (Lipinski definition) is 3. The summed E-state index contributed by atoms with van der Waals surface area (Å²) in [5.41, 5.74) is 0. The second-order valence-corrected chi connectivity index (χ2v) is 10.4. The zero-order chi connectivity index (χ0) is 14.1. The van der Waals surface area contributed by atoms with Gasteiger partial charge in [0.15, 0.2) is 0 Å². The molecule has 0 aliphatic heterocycles. The molecule has 0 aromatic heterocycles. The maximum atomic E-state index is 11.1. The summed E-state index contributed by atoms with van der Waals surface area (Å²) in [6, 6.07) is 2.51. The summed E-state index contributed by atoms with van der Waals surface area (Å²) in [4.78, 5) is 0. The van der Waals surface area contributed by atoms with Gasteiger partial charge in [-0.25, -0.2) is 0 Å². The fourth-order valence-electron chi connectivity index (χ4n) is 2.22. The predicted molar refractivity (Wildman–Crippen MR) is 77.5 cm³/mol. The lowest BCUT2D eigenvalue weighted by atomic mass is 10.4. The molecule has 1 N–H and O–H groups in total. The van der Waals surface area contributed by atoms with E-state index in [1.807, 2.05) is 0 Å². The van der Waals surface area contributed by atoms with Crippen molar-refractivity contribution in [1.29, 1.82) is 0 Å². The van der Waals surface area contributed by atoms with Crippen LogP contribution in [0.3, 0.4) is 0 Å². The van der Waals surface area contributed by atoms with Crippen LogP contribution in [0.5, 0.6) is 0 Å². The van der Waals surface area contributed by atoms with E-state index in [9.17, 15) is 8.42 Å². The Kier molecular flexibility index (Phi) is 9.11. The monoisotopic (exact) mass is 296 g/mol. The minimum atomic E-state index is -4.31. The van der Waals surface area contributed by atoms with Crippen LogP contribution in [0.4, 0.5) is 0 Å². The van der Waals surface area contributed by atoms with Gasteiger partial charge < -0.3 is 0 Å². The zero-order valence-corrected chi connectivity index (χ0v) is 13.8. The Morgan fingerprint density at radius 3 is 1.44 bits per heavy atom. The maximum absolute atomic E-state index is 11.1. The topological polar surface area (TPSA) is 63.6 Å². The van der Waals surface area contributed by atoms with Crippen molar-refractivity contribution >= 4 is 18.7 Å². The fraction of sp³-hybridized carbons (Fsp3) is 1.00. The Morgan fingerprint density at radius 2 is 1.22 bits per heavy atom. The molecule has 0 saturated carbocycles. The minimum Gasteiger partial charge on any atom is -0.294 e. The van der Waals surface area contributed by atoms with Gasteiger partial charge in [0, 0.05) is 0 Å². The van der Waals surface area contributed by atoms with Gasteiger partial charge in [-0.2, -0.15) is 8.42 Å². The largest absolute Gasteiger partial charge is 0.387 e. The SMILES string of the molecule is CCCC[Si](CCCC)(CCCC)OS(=O)(=O)O. The van der Waals surface area contributed by atoms with E-state index in [1.165, 1.54) is 0 Å². The van der Waals surface area contributed by atoms with Crippen molar-refractivity contribution in [3.63, 3.8) is 0 Å². The van der Waals surface area contributed by atoms with Crippen LogP contribution in [-0.4, -0.2) is 21.3 Å². The van der Waals surface area contributed by atoms with E-state index in [1.54, 1.807) is 0 Å². The molecule has 4 nitrogen and oxygen atoms in total. The van der Waals surface area contributed by atoms with Crippen LogP contribution in [-0.2, 0) is 14.3 Å². The Balaban J connectivity index is 4.84. The molecule has 0 radical (unpaired) electrons. The molecule has 0 fully saturated rings. The van der Waals surface area contributed by atoms with Gasteiger partial charge in [0.2, 0.25) is 8.32 Å². The van der Waals surface area contributed by atoms with Crippen molar-refractivity contribution in [1.82, 2.24) is 0 Å². The van der Waals surface area contributed by atoms with Crippen molar-refractivity contribution < 1.29 is 16.8 Å². The molecule has 0 aliphatic rings. The van der Waals surface area contributed by atoms with Gasteiger partial charge in [0.1, 0.15) is 0 Å². The van der Waals surface area contributed by atoms with Gasteiger partial charge in [0.05, 0.1) is 0 Å². The summed E-state index contributed by atoms with van der Waals surface area (Å²) in [6.45, 7) is 6.27. The minimum absolute atomic E-state index is 0.837. The van der Waals surface area contributed by atoms with Gasteiger partial charge >= 0.3 is 10.4 Å². The third-order valence-corrected chi connectivity index (χ3v) is 9.29. The Bertz CT molecular complexity index is 281.